The van der Waals surface area contributed by atoms with Gasteiger partial charge in [0.2, 0.25) is 15.9 Å². The number of carbonyl (C=O) groups is 1. The molecule has 0 bridgehead atoms. The summed E-state index contributed by atoms with van der Waals surface area (Å²) in [6, 6.07) is 9.10. The van der Waals surface area contributed by atoms with E-state index in [1.165, 1.54) is 11.4 Å². The number of methoxy groups -OCH3 is 1. The van der Waals surface area contributed by atoms with Gasteiger partial charge in [-0.1, -0.05) is 23.7 Å². The van der Waals surface area contributed by atoms with E-state index in [0.717, 1.165) is 0 Å². The summed E-state index contributed by atoms with van der Waals surface area (Å²) in [5, 5.41) is 3.19. The van der Waals surface area contributed by atoms with Crippen LogP contribution < -0.4 is 10.1 Å². The van der Waals surface area contributed by atoms with Crippen molar-refractivity contribution in [3.63, 3.8) is 0 Å². The number of sulfonamides is 1. The lowest BCUT2D eigenvalue weighted by molar-refractivity contribution is -0.126. The number of aryl methyl sites for hydroxylation is 2. The first kappa shape index (κ1) is 19.7. The standard InChI is InChI=1S/C19H21ClN2O4S/c1-12-9-16(26-3)10-13(2)18(12)27(24,25)22-8-7-21-19(23)17(22)14-5-4-6-15(20)11-14/h4-6,9-11,17H,7-8H2,1-3H3,(H,21,23). The quantitative estimate of drug-likeness (QED) is 0.844. The number of rotatable bonds is 4. The molecule has 0 aromatic heterocycles. The molecule has 0 saturated carbocycles. The summed E-state index contributed by atoms with van der Waals surface area (Å²) in [6.45, 7) is 3.88. The van der Waals surface area contributed by atoms with Crippen molar-refractivity contribution in [3.8, 4) is 5.75 Å². The molecule has 1 aliphatic rings. The van der Waals surface area contributed by atoms with Crippen LogP contribution in [0, 0.1) is 13.8 Å². The fourth-order valence-corrected chi connectivity index (χ4v) is 5.64. The number of ether oxygens (including phenoxy) is 1. The Morgan fingerprint density at radius 1 is 1.19 bits per heavy atom. The van der Waals surface area contributed by atoms with Crippen molar-refractivity contribution in [2.45, 2.75) is 24.8 Å². The van der Waals surface area contributed by atoms with Crippen molar-refractivity contribution < 1.29 is 17.9 Å². The summed E-state index contributed by atoms with van der Waals surface area (Å²) in [5.41, 5.74) is 1.68. The first-order chi connectivity index (χ1) is 12.8. The van der Waals surface area contributed by atoms with Gasteiger partial charge in [0, 0.05) is 18.1 Å². The van der Waals surface area contributed by atoms with Gasteiger partial charge in [0.1, 0.15) is 11.8 Å². The third kappa shape index (κ3) is 3.67. The van der Waals surface area contributed by atoms with E-state index in [1.54, 1.807) is 50.2 Å². The molecule has 0 aliphatic carbocycles. The average molecular weight is 409 g/mol. The largest absolute Gasteiger partial charge is 0.497 e. The van der Waals surface area contributed by atoms with E-state index >= 15 is 0 Å². The van der Waals surface area contributed by atoms with Gasteiger partial charge in [0.25, 0.3) is 0 Å². The van der Waals surface area contributed by atoms with Gasteiger partial charge in [0.15, 0.2) is 0 Å². The minimum Gasteiger partial charge on any atom is -0.497 e. The van der Waals surface area contributed by atoms with E-state index in [-0.39, 0.29) is 23.9 Å². The minimum atomic E-state index is -3.92. The summed E-state index contributed by atoms with van der Waals surface area (Å²) in [5.74, 6) is 0.225. The van der Waals surface area contributed by atoms with Crippen LogP contribution in [0.1, 0.15) is 22.7 Å². The second-order valence-corrected chi connectivity index (χ2v) is 8.72. The molecule has 3 rings (SSSR count). The van der Waals surface area contributed by atoms with Gasteiger partial charge in [0.05, 0.1) is 12.0 Å². The predicted molar refractivity (Wildman–Crippen MR) is 104 cm³/mol. The molecule has 1 amide bonds. The van der Waals surface area contributed by atoms with Crippen LogP contribution in [0.3, 0.4) is 0 Å². The van der Waals surface area contributed by atoms with Crippen molar-refractivity contribution in [2.75, 3.05) is 20.2 Å². The predicted octanol–water partition coefficient (Wildman–Crippen LogP) is 2.83. The van der Waals surface area contributed by atoms with Gasteiger partial charge >= 0.3 is 0 Å². The highest BCUT2D eigenvalue weighted by Crippen LogP contribution is 2.34. The summed E-state index contributed by atoms with van der Waals surface area (Å²) in [6.07, 6.45) is 0. The lowest BCUT2D eigenvalue weighted by Crippen LogP contribution is -2.52. The Labute approximate surface area is 164 Å². The maximum atomic E-state index is 13.5. The Morgan fingerprint density at radius 2 is 1.85 bits per heavy atom. The highest BCUT2D eigenvalue weighted by molar-refractivity contribution is 7.89. The molecule has 0 radical (unpaired) electrons. The molecule has 144 valence electrons. The Morgan fingerprint density at radius 3 is 2.44 bits per heavy atom. The second kappa shape index (κ2) is 7.50. The highest BCUT2D eigenvalue weighted by atomic mass is 35.5. The summed E-state index contributed by atoms with van der Waals surface area (Å²) < 4.78 is 33.5. The van der Waals surface area contributed by atoms with Crippen molar-refractivity contribution in [3.05, 3.63) is 58.1 Å². The Bertz CT molecular complexity index is 968. The number of amides is 1. The van der Waals surface area contributed by atoms with E-state index in [1.807, 2.05) is 0 Å². The average Bonchev–Trinajstić information content (AvgIpc) is 2.60. The second-order valence-electron chi connectivity index (χ2n) is 6.45. The number of hydrogen-bond donors (Lipinski definition) is 1. The number of nitrogens with zero attached hydrogens (tertiary/aromatic N) is 1. The number of hydrogen-bond acceptors (Lipinski definition) is 4. The normalized spacial score (nSPS) is 18.2. The zero-order valence-electron chi connectivity index (χ0n) is 15.3. The van der Waals surface area contributed by atoms with Crippen LogP contribution in [-0.4, -0.2) is 38.8 Å². The molecule has 1 N–H and O–H groups in total. The summed E-state index contributed by atoms with van der Waals surface area (Å²) in [7, 11) is -2.38. The molecule has 27 heavy (non-hydrogen) atoms. The lowest BCUT2D eigenvalue weighted by Gasteiger charge is -2.35. The molecule has 1 heterocycles. The monoisotopic (exact) mass is 408 g/mol. The van der Waals surface area contributed by atoms with Crippen molar-refractivity contribution in [1.29, 1.82) is 0 Å². The van der Waals surface area contributed by atoms with Crippen LogP contribution in [0.2, 0.25) is 5.02 Å². The van der Waals surface area contributed by atoms with E-state index < -0.39 is 16.1 Å². The molecule has 0 spiro atoms. The number of halogens is 1. The number of carbonyl (C=O) groups excluding carboxylic acids is 1. The number of nitrogens with one attached hydrogen (secondary N) is 1. The van der Waals surface area contributed by atoms with Crippen molar-refractivity contribution in [1.82, 2.24) is 9.62 Å². The lowest BCUT2D eigenvalue weighted by atomic mass is 10.0. The zero-order chi connectivity index (χ0) is 19.8. The Balaban J connectivity index is 2.13. The van der Waals surface area contributed by atoms with Gasteiger partial charge in [-0.25, -0.2) is 8.42 Å². The SMILES string of the molecule is COc1cc(C)c(S(=O)(=O)N2CCNC(=O)C2c2cccc(Cl)c2)c(C)c1. The Hall–Kier alpha value is -2.09. The first-order valence-electron chi connectivity index (χ1n) is 8.46. The number of benzene rings is 2. The van der Waals surface area contributed by atoms with Gasteiger partial charge in [-0.15, -0.1) is 0 Å². The molecule has 1 atom stereocenters. The molecule has 8 heteroatoms. The zero-order valence-corrected chi connectivity index (χ0v) is 16.9. The molecule has 1 aliphatic heterocycles. The van der Waals surface area contributed by atoms with Crippen LogP contribution in [0.15, 0.2) is 41.3 Å². The third-order valence-electron chi connectivity index (χ3n) is 4.57. The highest BCUT2D eigenvalue weighted by Gasteiger charge is 2.40. The summed E-state index contributed by atoms with van der Waals surface area (Å²) >= 11 is 6.06. The third-order valence-corrected chi connectivity index (χ3v) is 6.97. The first-order valence-corrected chi connectivity index (χ1v) is 10.3. The van der Waals surface area contributed by atoms with Crippen LogP contribution in [0.25, 0.3) is 0 Å². The van der Waals surface area contributed by atoms with Gasteiger partial charge in [-0.3, -0.25) is 4.79 Å². The molecular formula is C19H21ClN2O4S. The molecule has 2 aromatic carbocycles. The van der Waals surface area contributed by atoms with Crippen LogP contribution in [0.5, 0.6) is 5.75 Å². The van der Waals surface area contributed by atoms with E-state index in [2.05, 4.69) is 5.32 Å². The topological polar surface area (TPSA) is 75.7 Å². The molecule has 6 nitrogen and oxygen atoms in total. The maximum Gasteiger partial charge on any atom is 0.244 e. The molecular weight excluding hydrogens is 388 g/mol. The fourth-order valence-electron chi connectivity index (χ4n) is 3.45. The molecule has 1 fully saturated rings. The number of piperazine rings is 1. The van der Waals surface area contributed by atoms with E-state index in [9.17, 15) is 13.2 Å². The maximum absolute atomic E-state index is 13.5. The Kier molecular flexibility index (Phi) is 5.46. The van der Waals surface area contributed by atoms with E-state index in [0.29, 0.717) is 27.5 Å². The summed E-state index contributed by atoms with van der Waals surface area (Å²) in [4.78, 5) is 12.8. The van der Waals surface area contributed by atoms with Crippen LogP contribution in [0.4, 0.5) is 0 Å². The molecule has 2 aromatic rings. The van der Waals surface area contributed by atoms with Gasteiger partial charge in [-0.2, -0.15) is 4.31 Å². The van der Waals surface area contributed by atoms with Crippen molar-refractivity contribution in [2.24, 2.45) is 0 Å². The molecule has 1 saturated heterocycles. The fraction of sp³-hybridized carbons (Fsp3) is 0.316. The van der Waals surface area contributed by atoms with Crippen LogP contribution in [-0.2, 0) is 14.8 Å². The van der Waals surface area contributed by atoms with Gasteiger partial charge in [-0.05, 0) is 54.8 Å². The van der Waals surface area contributed by atoms with Crippen LogP contribution >= 0.6 is 11.6 Å². The van der Waals surface area contributed by atoms with E-state index in [4.69, 9.17) is 16.3 Å². The smallest absolute Gasteiger partial charge is 0.244 e. The van der Waals surface area contributed by atoms with Gasteiger partial charge < -0.3 is 10.1 Å². The van der Waals surface area contributed by atoms with Crippen molar-refractivity contribution >= 4 is 27.5 Å². The minimum absolute atomic E-state index is 0.177. The molecule has 1 unspecified atom stereocenters.